The van der Waals surface area contributed by atoms with Gasteiger partial charge in [0.05, 0.1) is 6.61 Å². The summed E-state index contributed by atoms with van der Waals surface area (Å²) in [5.41, 5.74) is 2.60. The molecule has 2 rings (SSSR count). The lowest BCUT2D eigenvalue weighted by Crippen LogP contribution is -2.07. The molecule has 0 radical (unpaired) electrons. The number of esters is 1. The minimum atomic E-state index is -0.422. The van der Waals surface area contributed by atoms with Crippen molar-refractivity contribution in [2.45, 2.75) is 20.8 Å². The molecule has 0 atom stereocenters. The highest BCUT2D eigenvalue weighted by molar-refractivity contribution is 5.97. The second-order valence-corrected chi connectivity index (χ2v) is 3.87. The van der Waals surface area contributed by atoms with Gasteiger partial charge in [0.2, 0.25) is 0 Å². The molecule has 0 amide bonds. The Bertz CT molecular complexity index is 575. The summed E-state index contributed by atoms with van der Waals surface area (Å²) in [6.45, 7) is 5.69. The van der Waals surface area contributed by atoms with Crippen molar-refractivity contribution < 1.29 is 14.1 Å². The van der Waals surface area contributed by atoms with Crippen LogP contribution in [0.2, 0.25) is 0 Å². The van der Waals surface area contributed by atoms with E-state index in [2.05, 4.69) is 10.1 Å². The van der Waals surface area contributed by atoms with Crippen LogP contribution in [0.1, 0.15) is 28.6 Å². The van der Waals surface area contributed by atoms with Crippen molar-refractivity contribution in [3.05, 3.63) is 35.3 Å². The normalized spacial score (nSPS) is 10.4. The molecule has 5 heteroatoms. The number of hydrogen-bond acceptors (Lipinski definition) is 5. The molecule has 18 heavy (non-hydrogen) atoms. The third kappa shape index (κ3) is 2.11. The maximum atomic E-state index is 11.9. The van der Waals surface area contributed by atoms with Crippen LogP contribution in [0, 0.1) is 13.8 Å². The van der Waals surface area contributed by atoms with Gasteiger partial charge in [-0.15, -0.1) is 0 Å². The van der Waals surface area contributed by atoms with Gasteiger partial charge in [-0.2, -0.15) is 0 Å². The Kier molecular flexibility index (Phi) is 3.41. The van der Waals surface area contributed by atoms with Crippen LogP contribution < -0.4 is 0 Å². The lowest BCUT2D eigenvalue weighted by molar-refractivity contribution is 0.0525. The molecule has 2 heterocycles. The van der Waals surface area contributed by atoms with Crippen LogP contribution in [-0.2, 0) is 4.74 Å². The van der Waals surface area contributed by atoms with E-state index in [1.807, 2.05) is 13.0 Å². The smallest absolute Gasteiger partial charge is 0.344 e. The number of rotatable bonds is 3. The minimum Gasteiger partial charge on any atom is -0.462 e. The van der Waals surface area contributed by atoms with Crippen LogP contribution in [0.5, 0.6) is 0 Å². The molecule has 0 N–H and O–H groups in total. The number of carbonyl (C=O) groups is 1. The monoisotopic (exact) mass is 246 g/mol. The maximum Gasteiger partial charge on any atom is 0.344 e. The second kappa shape index (κ2) is 5.00. The lowest BCUT2D eigenvalue weighted by atomic mass is 10.0. The molecule has 2 aromatic heterocycles. The zero-order valence-corrected chi connectivity index (χ0v) is 10.6. The summed E-state index contributed by atoms with van der Waals surface area (Å²) in [5, 5.41) is 3.93. The number of pyridine rings is 1. The Labute approximate surface area is 105 Å². The topological polar surface area (TPSA) is 65.2 Å². The van der Waals surface area contributed by atoms with Crippen LogP contribution >= 0.6 is 0 Å². The fourth-order valence-corrected chi connectivity index (χ4v) is 1.71. The summed E-state index contributed by atoms with van der Waals surface area (Å²) in [4.78, 5) is 15.9. The summed E-state index contributed by atoms with van der Waals surface area (Å²) < 4.78 is 10.1. The first kappa shape index (κ1) is 12.3. The molecule has 94 valence electrons. The van der Waals surface area contributed by atoms with Crippen LogP contribution in [0.15, 0.2) is 23.0 Å². The molecular weight excluding hydrogens is 232 g/mol. The van der Waals surface area contributed by atoms with Crippen molar-refractivity contribution in [1.29, 1.82) is 0 Å². The van der Waals surface area contributed by atoms with Crippen molar-refractivity contribution >= 4 is 5.97 Å². The van der Waals surface area contributed by atoms with Gasteiger partial charge in [0.1, 0.15) is 17.0 Å². The van der Waals surface area contributed by atoms with Crippen molar-refractivity contribution in [2.75, 3.05) is 6.61 Å². The lowest BCUT2D eigenvalue weighted by Gasteiger charge is -2.04. The zero-order valence-electron chi connectivity index (χ0n) is 10.6. The quantitative estimate of drug-likeness (QED) is 0.778. The average Bonchev–Trinajstić information content (AvgIpc) is 2.72. The first-order chi connectivity index (χ1) is 8.65. The SMILES string of the molecule is CCOC(=O)c1c(-c2cnccc2C)noc1C. The summed E-state index contributed by atoms with van der Waals surface area (Å²) in [6, 6.07) is 1.86. The van der Waals surface area contributed by atoms with E-state index < -0.39 is 5.97 Å². The standard InChI is InChI=1S/C13H14N2O3/c1-4-17-13(16)11-9(3)18-15-12(11)10-7-14-6-5-8(10)2/h5-7H,4H2,1-3H3. The van der Waals surface area contributed by atoms with E-state index in [9.17, 15) is 4.79 Å². The molecule has 0 aliphatic carbocycles. The number of aromatic nitrogens is 2. The largest absolute Gasteiger partial charge is 0.462 e. The highest BCUT2D eigenvalue weighted by atomic mass is 16.5. The van der Waals surface area contributed by atoms with Gasteiger partial charge in [0, 0.05) is 18.0 Å². The van der Waals surface area contributed by atoms with Crippen LogP contribution in [0.3, 0.4) is 0 Å². The van der Waals surface area contributed by atoms with Gasteiger partial charge < -0.3 is 9.26 Å². The van der Waals surface area contributed by atoms with E-state index in [1.54, 1.807) is 26.2 Å². The van der Waals surface area contributed by atoms with Crippen molar-refractivity contribution in [3.8, 4) is 11.3 Å². The first-order valence-corrected chi connectivity index (χ1v) is 5.69. The fourth-order valence-electron chi connectivity index (χ4n) is 1.71. The Morgan fingerprint density at radius 1 is 1.44 bits per heavy atom. The average molecular weight is 246 g/mol. The Morgan fingerprint density at radius 3 is 2.89 bits per heavy atom. The maximum absolute atomic E-state index is 11.9. The molecule has 5 nitrogen and oxygen atoms in total. The molecule has 2 aromatic rings. The van der Waals surface area contributed by atoms with Crippen LogP contribution in [0.4, 0.5) is 0 Å². The minimum absolute atomic E-state index is 0.314. The van der Waals surface area contributed by atoms with Crippen molar-refractivity contribution in [2.24, 2.45) is 0 Å². The molecule has 0 aliphatic heterocycles. The zero-order chi connectivity index (χ0) is 13.1. The molecule has 0 fully saturated rings. The van der Waals surface area contributed by atoms with E-state index >= 15 is 0 Å². The van der Waals surface area contributed by atoms with Gasteiger partial charge in [-0.05, 0) is 32.4 Å². The van der Waals surface area contributed by atoms with Gasteiger partial charge >= 0.3 is 5.97 Å². The van der Waals surface area contributed by atoms with Gasteiger partial charge in [-0.3, -0.25) is 4.98 Å². The number of nitrogens with zero attached hydrogens (tertiary/aromatic N) is 2. The Balaban J connectivity index is 2.53. The van der Waals surface area contributed by atoms with Gasteiger partial charge in [0.15, 0.2) is 0 Å². The third-order valence-electron chi connectivity index (χ3n) is 2.64. The molecule has 0 aromatic carbocycles. The summed E-state index contributed by atoms with van der Waals surface area (Å²) in [7, 11) is 0. The molecule has 0 spiro atoms. The number of carbonyl (C=O) groups excluding carboxylic acids is 1. The fraction of sp³-hybridized carbons (Fsp3) is 0.308. The molecule has 0 bridgehead atoms. The van der Waals surface area contributed by atoms with E-state index in [0.717, 1.165) is 11.1 Å². The van der Waals surface area contributed by atoms with E-state index in [-0.39, 0.29) is 0 Å². The van der Waals surface area contributed by atoms with Crippen LogP contribution in [-0.4, -0.2) is 22.7 Å². The number of ether oxygens (including phenoxy) is 1. The second-order valence-electron chi connectivity index (χ2n) is 3.87. The van der Waals surface area contributed by atoms with E-state index in [1.165, 1.54) is 0 Å². The van der Waals surface area contributed by atoms with Crippen molar-refractivity contribution in [3.63, 3.8) is 0 Å². The van der Waals surface area contributed by atoms with Crippen LogP contribution in [0.25, 0.3) is 11.3 Å². The van der Waals surface area contributed by atoms with Gasteiger partial charge in [-0.25, -0.2) is 4.79 Å². The predicted molar refractivity (Wildman–Crippen MR) is 65.2 cm³/mol. The summed E-state index contributed by atoms with van der Waals surface area (Å²) in [5.74, 6) is 0.0289. The molecule has 0 aliphatic rings. The Morgan fingerprint density at radius 2 is 2.22 bits per heavy atom. The molecule has 0 saturated heterocycles. The van der Waals surface area contributed by atoms with Crippen molar-refractivity contribution in [1.82, 2.24) is 10.1 Å². The summed E-state index contributed by atoms with van der Waals surface area (Å²) >= 11 is 0. The van der Waals surface area contributed by atoms with Gasteiger partial charge in [-0.1, -0.05) is 5.16 Å². The van der Waals surface area contributed by atoms with Gasteiger partial charge in [0.25, 0.3) is 0 Å². The third-order valence-corrected chi connectivity index (χ3v) is 2.64. The highest BCUT2D eigenvalue weighted by Gasteiger charge is 2.23. The molecule has 0 unspecified atom stereocenters. The molecular formula is C13H14N2O3. The van der Waals surface area contributed by atoms with E-state index in [4.69, 9.17) is 9.26 Å². The number of hydrogen-bond donors (Lipinski definition) is 0. The highest BCUT2D eigenvalue weighted by Crippen LogP contribution is 2.27. The predicted octanol–water partition coefficient (Wildman–Crippen LogP) is 2.53. The Hall–Kier alpha value is -2.17. The van der Waals surface area contributed by atoms with E-state index in [0.29, 0.717) is 23.6 Å². The first-order valence-electron chi connectivity index (χ1n) is 5.69. The summed E-state index contributed by atoms with van der Waals surface area (Å²) in [6.07, 6.45) is 3.35. The molecule has 0 saturated carbocycles. The number of aryl methyl sites for hydroxylation is 2.